The fourth-order valence-corrected chi connectivity index (χ4v) is 5.68. The largest absolute Gasteiger partial charge is 0.312 e. The standard InChI is InChI=1S/C26H22N4O3S.ClH/c27-14-21-20-12-13-29(15-17-4-2-1-3-5-17)16-22(20)34-26(21)28-25(33)18-6-8-19(9-7-18)30-23(31)10-11-24(30)32;/h1-9H,10-13,15-16H2,(H,28,33);1H. The van der Waals surface area contributed by atoms with Gasteiger partial charge in [-0.15, -0.1) is 23.7 Å². The third-order valence-electron chi connectivity index (χ3n) is 6.16. The van der Waals surface area contributed by atoms with Gasteiger partial charge in [-0.3, -0.25) is 24.2 Å². The second-order valence-corrected chi connectivity index (χ2v) is 9.50. The summed E-state index contributed by atoms with van der Waals surface area (Å²) >= 11 is 1.45. The van der Waals surface area contributed by atoms with Crippen molar-refractivity contribution < 1.29 is 14.4 Å². The van der Waals surface area contributed by atoms with Gasteiger partial charge in [0.05, 0.1) is 11.3 Å². The van der Waals surface area contributed by atoms with Crippen molar-refractivity contribution in [3.63, 3.8) is 0 Å². The SMILES string of the molecule is Cl.N#Cc1c(NC(=O)c2ccc(N3C(=O)CCC3=O)cc2)sc2c1CCN(Cc1ccccc1)C2. The number of anilines is 2. The molecule has 1 saturated heterocycles. The van der Waals surface area contributed by atoms with Crippen molar-refractivity contribution in [2.45, 2.75) is 32.4 Å². The van der Waals surface area contributed by atoms with Gasteiger partial charge in [-0.05, 0) is 41.8 Å². The van der Waals surface area contributed by atoms with Crippen LogP contribution >= 0.6 is 23.7 Å². The van der Waals surface area contributed by atoms with Crippen LogP contribution in [0.5, 0.6) is 0 Å². The Morgan fingerprint density at radius 3 is 2.34 bits per heavy atom. The van der Waals surface area contributed by atoms with E-state index in [0.717, 1.165) is 41.4 Å². The lowest BCUT2D eigenvalue weighted by Crippen LogP contribution is -2.29. The number of amides is 3. The first-order valence-corrected chi connectivity index (χ1v) is 11.9. The summed E-state index contributed by atoms with van der Waals surface area (Å²) in [6, 6.07) is 18.9. The van der Waals surface area contributed by atoms with Crippen molar-refractivity contribution >= 4 is 52.2 Å². The van der Waals surface area contributed by atoms with Crippen LogP contribution < -0.4 is 10.2 Å². The number of halogens is 1. The van der Waals surface area contributed by atoms with Crippen molar-refractivity contribution in [2.75, 3.05) is 16.8 Å². The number of imide groups is 1. The summed E-state index contributed by atoms with van der Waals surface area (Å²) in [4.78, 5) is 41.4. The highest BCUT2D eigenvalue weighted by Gasteiger charge is 2.30. The van der Waals surface area contributed by atoms with Crippen molar-refractivity contribution in [3.8, 4) is 6.07 Å². The van der Waals surface area contributed by atoms with Crippen molar-refractivity contribution in [3.05, 3.63) is 81.7 Å². The molecule has 3 heterocycles. The molecule has 1 aromatic heterocycles. The second kappa shape index (κ2) is 10.4. The van der Waals surface area contributed by atoms with Crippen molar-refractivity contribution in [2.24, 2.45) is 0 Å². The normalized spacial score (nSPS) is 15.3. The smallest absolute Gasteiger partial charge is 0.256 e. The maximum absolute atomic E-state index is 12.9. The molecule has 2 aliphatic rings. The van der Waals surface area contributed by atoms with E-state index >= 15 is 0 Å². The predicted octanol–water partition coefficient (Wildman–Crippen LogP) is 4.51. The third kappa shape index (κ3) is 4.98. The molecular formula is C26H23ClN4O3S. The fourth-order valence-electron chi connectivity index (χ4n) is 4.44. The Morgan fingerprint density at radius 1 is 1.00 bits per heavy atom. The monoisotopic (exact) mass is 506 g/mol. The Kier molecular flexibility index (Phi) is 7.31. The molecule has 5 rings (SSSR count). The molecule has 1 N–H and O–H groups in total. The molecule has 1 fully saturated rings. The van der Waals surface area contributed by atoms with Crippen molar-refractivity contribution in [1.29, 1.82) is 5.26 Å². The molecule has 0 saturated carbocycles. The minimum atomic E-state index is -0.332. The highest BCUT2D eigenvalue weighted by Crippen LogP contribution is 2.37. The maximum Gasteiger partial charge on any atom is 0.256 e. The van der Waals surface area contributed by atoms with Gasteiger partial charge < -0.3 is 5.32 Å². The van der Waals surface area contributed by atoms with Gasteiger partial charge in [-0.2, -0.15) is 5.26 Å². The summed E-state index contributed by atoms with van der Waals surface area (Å²) in [5.41, 5.74) is 3.67. The van der Waals surface area contributed by atoms with E-state index in [0.29, 0.717) is 21.8 Å². The van der Waals surface area contributed by atoms with Gasteiger partial charge in [0, 0.05) is 42.9 Å². The summed E-state index contributed by atoms with van der Waals surface area (Å²) in [5.74, 6) is -0.792. The summed E-state index contributed by atoms with van der Waals surface area (Å²) < 4.78 is 0. The van der Waals surface area contributed by atoms with Gasteiger partial charge in [0.2, 0.25) is 11.8 Å². The second-order valence-electron chi connectivity index (χ2n) is 8.39. The molecule has 178 valence electrons. The molecule has 35 heavy (non-hydrogen) atoms. The number of nitrogens with zero attached hydrogens (tertiary/aromatic N) is 3. The molecule has 0 radical (unpaired) electrons. The predicted molar refractivity (Wildman–Crippen MR) is 137 cm³/mol. The number of carbonyl (C=O) groups excluding carboxylic acids is 3. The quantitative estimate of drug-likeness (QED) is 0.514. The first-order valence-electron chi connectivity index (χ1n) is 11.1. The molecule has 3 aromatic rings. The van der Waals surface area contributed by atoms with E-state index in [2.05, 4.69) is 28.4 Å². The third-order valence-corrected chi connectivity index (χ3v) is 7.30. The summed E-state index contributed by atoms with van der Waals surface area (Å²) in [6.07, 6.45) is 1.19. The van der Waals surface area contributed by atoms with Crippen molar-refractivity contribution in [1.82, 2.24) is 4.90 Å². The van der Waals surface area contributed by atoms with Crippen LogP contribution in [0.3, 0.4) is 0 Å². The van der Waals surface area contributed by atoms with Crippen LogP contribution in [-0.2, 0) is 29.1 Å². The van der Waals surface area contributed by atoms with Crippen LogP contribution in [0, 0.1) is 11.3 Å². The van der Waals surface area contributed by atoms with Gasteiger partial charge in [-0.25, -0.2) is 0 Å². The van der Waals surface area contributed by atoms with E-state index < -0.39 is 0 Å². The molecule has 9 heteroatoms. The highest BCUT2D eigenvalue weighted by atomic mass is 35.5. The topological polar surface area (TPSA) is 93.5 Å². The average molecular weight is 507 g/mol. The Bertz CT molecular complexity index is 1300. The van der Waals surface area contributed by atoms with Gasteiger partial charge in [-0.1, -0.05) is 30.3 Å². The minimum Gasteiger partial charge on any atom is -0.312 e. The molecule has 3 amide bonds. The lowest BCUT2D eigenvalue weighted by Gasteiger charge is -2.26. The maximum atomic E-state index is 12.9. The highest BCUT2D eigenvalue weighted by molar-refractivity contribution is 7.16. The zero-order chi connectivity index (χ0) is 23.7. The Hall–Kier alpha value is -3.51. The number of benzene rings is 2. The molecule has 0 atom stereocenters. The molecule has 0 spiro atoms. The Labute approximate surface area is 213 Å². The number of nitrogens with one attached hydrogen (secondary N) is 1. The van der Waals surface area contributed by atoms with Crippen LogP contribution in [0.25, 0.3) is 0 Å². The number of hydrogen-bond donors (Lipinski definition) is 1. The first kappa shape index (κ1) is 24.6. The van der Waals surface area contributed by atoms with E-state index in [-0.39, 0.29) is 43.0 Å². The molecule has 2 aliphatic heterocycles. The number of nitriles is 1. The van der Waals surface area contributed by atoms with E-state index in [4.69, 9.17) is 0 Å². The molecule has 7 nitrogen and oxygen atoms in total. The number of thiophene rings is 1. The van der Waals surface area contributed by atoms with Gasteiger partial charge >= 0.3 is 0 Å². The molecular weight excluding hydrogens is 484 g/mol. The number of fused-ring (bicyclic) bond motifs is 1. The molecule has 0 bridgehead atoms. The van der Waals surface area contributed by atoms with Crippen LogP contribution in [-0.4, -0.2) is 29.2 Å². The van der Waals surface area contributed by atoms with Crippen LogP contribution in [0.15, 0.2) is 54.6 Å². The average Bonchev–Trinajstić information content (AvgIpc) is 3.37. The summed E-state index contributed by atoms with van der Waals surface area (Å²) in [7, 11) is 0. The van der Waals surface area contributed by atoms with Gasteiger partial charge in [0.25, 0.3) is 5.91 Å². The number of hydrogen-bond acceptors (Lipinski definition) is 6. The Morgan fingerprint density at radius 2 is 1.69 bits per heavy atom. The van der Waals surface area contributed by atoms with Crippen LogP contribution in [0.2, 0.25) is 0 Å². The van der Waals surface area contributed by atoms with E-state index in [1.54, 1.807) is 24.3 Å². The lowest BCUT2D eigenvalue weighted by atomic mass is 10.0. The zero-order valence-electron chi connectivity index (χ0n) is 18.8. The summed E-state index contributed by atoms with van der Waals surface area (Å²) in [6.45, 7) is 2.44. The zero-order valence-corrected chi connectivity index (χ0v) is 20.5. The van der Waals surface area contributed by atoms with Crippen LogP contribution in [0.4, 0.5) is 10.7 Å². The van der Waals surface area contributed by atoms with Crippen LogP contribution in [0.1, 0.15) is 44.8 Å². The molecule has 0 aliphatic carbocycles. The van der Waals surface area contributed by atoms with E-state index in [1.165, 1.54) is 16.9 Å². The molecule has 0 unspecified atom stereocenters. The summed E-state index contributed by atoms with van der Waals surface area (Å²) in [5, 5.41) is 13.2. The number of carbonyl (C=O) groups is 3. The first-order chi connectivity index (χ1) is 16.5. The van der Waals surface area contributed by atoms with E-state index in [9.17, 15) is 19.6 Å². The lowest BCUT2D eigenvalue weighted by molar-refractivity contribution is -0.121. The van der Waals surface area contributed by atoms with Gasteiger partial charge in [0.1, 0.15) is 11.1 Å². The Balaban J connectivity index is 0.00000289. The minimum absolute atomic E-state index is 0. The molecule has 2 aromatic carbocycles. The van der Waals surface area contributed by atoms with Gasteiger partial charge in [0.15, 0.2) is 0 Å². The number of rotatable bonds is 5. The van der Waals surface area contributed by atoms with E-state index in [1.807, 2.05) is 18.2 Å². The fraction of sp³-hybridized carbons (Fsp3) is 0.231.